The first-order valence-corrected chi connectivity index (χ1v) is 8.05. The van der Waals surface area contributed by atoms with Gasteiger partial charge in [0.05, 0.1) is 24.0 Å². The van der Waals surface area contributed by atoms with Crippen molar-refractivity contribution in [1.82, 2.24) is 20.3 Å². The largest absolute Gasteiger partial charge is 0.376 e. The summed E-state index contributed by atoms with van der Waals surface area (Å²) in [6, 6.07) is 0.212. The van der Waals surface area contributed by atoms with E-state index in [4.69, 9.17) is 4.74 Å². The van der Waals surface area contributed by atoms with Crippen molar-refractivity contribution in [2.75, 3.05) is 13.2 Å². The highest BCUT2D eigenvalue weighted by Gasteiger charge is 2.39. The van der Waals surface area contributed by atoms with Gasteiger partial charge < -0.3 is 10.1 Å². The van der Waals surface area contributed by atoms with Crippen molar-refractivity contribution in [2.24, 2.45) is 5.92 Å². The maximum Gasteiger partial charge on any atom is 0.0813 e. The molecule has 0 aliphatic heterocycles. The number of rotatable bonds is 10. The van der Waals surface area contributed by atoms with Crippen LogP contribution in [0.5, 0.6) is 0 Å². The van der Waals surface area contributed by atoms with Gasteiger partial charge >= 0.3 is 0 Å². The van der Waals surface area contributed by atoms with Gasteiger partial charge in [0.25, 0.3) is 0 Å². The van der Waals surface area contributed by atoms with Crippen LogP contribution >= 0.6 is 0 Å². The van der Waals surface area contributed by atoms with Gasteiger partial charge in [-0.1, -0.05) is 19.1 Å². The maximum atomic E-state index is 6.05. The molecule has 5 nitrogen and oxygen atoms in total. The van der Waals surface area contributed by atoms with Crippen LogP contribution in [0.15, 0.2) is 6.20 Å². The van der Waals surface area contributed by atoms with Crippen LogP contribution in [0.3, 0.4) is 0 Å². The van der Waals surface area contributed by atoms with Crippen molar-refractivity contribution in [2.45, 2.75) is 65.1 Å². The maximum absolute atomic E-state index is 6.05. The van der Waals surface area contributed by atoms with E-state index in [1.165, 1.54) is 18.5 Å². The van der Waals surface area contributed by atoms with Crippen molar-refractivity contribution in [3.05, 3.63) is 11.9 Å². The molecule has 0 saturated heterocycles. The van der Waals surface area contributed by atoms with Gasteiger partial charge in [-0.25, -0.2) is 4.68 Å². The van der Waals surface area contributed by atoms with Crippen LogP contribution in [0, 0.1) is 5.92 Å². The fourth-order valence-corrected chi connectivity index (χ4v) is 2.70. The second kappa shape index (κ2) is 7.74. The Morgan fingerprint density at radius 2 is 2.15 bits per heavy atom. The number of aryl methyl sites for hydroxylation is 1. The lowest BCUT2D eigenvalue weighted by molar-refractivity contribution is 0.0163. The minimum atomic E-state index is 0.212. The lowest BCUT2D eigenvalue weighted by atomic mass is 10.0. The summed E-state index contributed by atoms with van der Waals surface area (Å²) in [6.45, 7) is 9.12. The third kappa shape index (κ3) is 3.79. The molecule has 2 unspecified atom stereocenters. The molecule has 1 heterocycles. The van der Waals surface area contributed by atoms with Crippen LogP contribution in [0.4, 0.5) is 0 Å². The van der Waals surface area contributed by atoms with E-state index in [2.05, 4.69) is 36.4 Å². The summed E-state index contributed by atoms with van der Waals surface area (Å²) in [5.74, 6) is 0.689. The highest BCUT2D eigenvalue weighted by atomic mass is 16.5. The summed E-state index contributed by atoms with van der Waals surface area (Å²) in [5, 5.41) is 12.0. The zero-order valence-electron chi connectivity index (χ0n) is 13.0. The molecule has 114 valence electrons. The lowest BCUT2D eigenvalue weighted by Gasteiger charge is -2.28. The molecule has 1 saturated carbocycles. The molecule has 1 aromatic rings. The molecule has 2 atom stereocenters. The van der Waals surface area contributed by atoms with Gasteiger partial charge in [-0.15, -0.1) is 5.10 Å². The second-order valence-electron chi connectivity index (χ2n) is 5.57. The molecule has 2 rings (SSSR count). The van der Waals surface area contributed by atoms with E-state index in [-0.39, 0.29) is 12.1 Å². The summed E-state index contributed by atoms with van der Waals surface area (Å²) in [4.78, 5) is 0. The number of nitrogens with zero attached hydrogens (tertiary/aromatic N) is 3. The predicted molar refractivity (Wildman–Crippen MR) is 79.5 cm³/mol. The summed E-state index contributed by atoms with van der Waals surface area (Å²) in [5.41, 5.74) is 1.17. The SMILES string of the molecule is CCCNC(c1cnnn1CCC)C(OCC)C1CC1. The highest BCUT2D eigenvalue weighted by Crippen LogP contribution is 2.40. The van der Waals surface area contributed by atoms with E-state index < -0.39 is 0 Å². The van der Waals surface area contributed by atoms with Gasteiger partial charge in [-0.3, -0.25) is 0 Å². The first-order chi connectivity index (χ1) is 9.81. The molecular formula is C15H28N4O. The van der Waals surface area contributed by atoms with E-state index in [0.717, 1.165) is 32.5 Å². The summed E-state index contributed by atoms with van der Waals surface area (Å²) >= 11 is 0. The molecule has 1 aliphatic rings. The van der Waals surface area contributed by atoms with Crippen molar-refractivity contribution < 1.29 is 4.74 Å². The molecule has 1 N–H and O–H groups in total. The molecule has 0 bridgehead atoms. The van der Waals surface area contributed by atoms with Gasteiger partial charge in [0, 0.05) is 13.2 Å². The van der Waals surface area contributed by atoms with E-state index in [1.807, 2.05) is 10.9 Å². The third-order valence-corrected chi connectivity index (χ3v) is 3.79. The fraction of sp³-hybridized carbons (Fsp3) is 0.867. The summed E-state index contributed by atoms with van der Waals surface area (Å²) in [7, 11) is 0. The smallest absolute Gasteiger partial charge is 0.0813 e. The minimum Gasteiger partial charge on any atom is -0.376 e. The van der Waals surface area contributed by atoms with Crippen molar-refractivity contribution >= 4 is 0 Å². The Balaban J connectivity index is 2.17. The molecule has 0 amide bonds. The van der Waals surface area contributed by atoms with Crippen LogP contribution in [0.25, 0.3) is 0 Å². The quantitative estimate of drug-likeness (QED) is 0.715. The fourth-order valence-electron chi connectivity index (χ4n) is 2.70. The zero-order chi connectivity index (χ0) is 14.4. The molecule has 1 aromatic heterocycles. The minimum absolute atomic E-state index is 0.212. The van der Waals surface area contributed by atoms with Gasteiger partial charge in [-0.05, 0) is 45.1 Å². The van der Waals surface area contributed by atoms with Crippen LogP contribution in [-0.2, 0) is 11.3 Å². The monoisotopic (exact) mass is 280 g/mol. The standard InChI is InChI=1S/C15H28N4O/c1-4-9-16-14(15(20-6-3)12-7-8-12)13-11-17-18-19(13)10-5-2/h11-12,14-16H,4-10H2,1-3H3. The summed E-state index contributed by atoms with van der Waals surface area (Å²) < 4.78 is 8.08. The van der Waals surface area contributed by atoms with E-state index in [1.54, 1.807) is 0 Å². The average Bonchev–Trinajstić information content (AvgIpc) is 3.19. The zero-order valence-corrected chi connectivity index (χ0v) is 13.0. The van der Waals surface area contributed by atoms with E-state index >= 15 is 0 Å². The van der Waals surface area contributed by atoms with Gasteiger partial charge in [-0.2, -0.15) is 0 Å². The lowest BCUT2D eigenvalue weighted by Crippen LogP contribution is -2.37. The number of hydrogen-bond acceptors (Lipinski definition) is 4. The number of hydrogen-bond donors (Lipinski definition) is 1. The molecule has 1 fully saturated rings. The van der Waals surface area contributed by atoms with Gasteiger partial charge in [0.15, 0.2) is 0 Å². The average molecular weight is 280 g/mol. The Hall–Kier alpha value is -0.940. The normalized spacial score (nSPS) is 18.1. The first kappa shape index (κ1) is 15.4. The number of nitrogens with one attached hydrogen (secondary N) is 1. The van der Waals surface area contributed by atoms with Crippen molar-refractivity contribution in [1.29, 1.82) is 0 Å². The second-order valence-corrected chi connectivity index (χ2v) is 5.57. The number of ether oxygens (including phenoxy) is 1. The van der Waals surface area contributed by atoms with Gasteiger partial charge in [0.1, 0.15) is 0 Å². The first-order valence-electron chi connectivity index (χ1n) is 8.05. The van der Waals surface area contributed by atoms with Gasteiger partial charge in [0.2, 0.25) is 0 Å². The molecule has 20 heavy (non-hydrogen) atoms. The molecule has 0 aromatic carbocycles. The molecule has 0 spiro atoms. The molecule has 1 aliphatic carbocycles. The van der Waals surface area contributed by atoms with Crippen molar-refractivity contribution in [3.8, 4) is 0 Å². The van der Waals surface area contributed by atoms with Crippen LogP contribution in [0.2, 0.25) is 0 Å². The third-order valence-electron chi connectivity index (χ3n) is 3.79. The Bertz CT molecular complexity index is 389. The van der Waals surface area contributed by atoms with E-state index in [0.29, 0.717) is 5.92 Å². The Morgan fingerprint density at radius 1 is 1.35 bits per heavy atom. The van der Waals surface area contributed by atoms with Crippen LogP contribution in [0.1, 0.15) is 58.2 Å². The predicted octanol–water partition coefficient (Wildman–Crippen LogP) is 2.54. The van der Waals surface area contributed by atoms with E-state index in [9.17, 15) is 0 Å². The Kier molecular flexibility index (Phi) is 5.98. The topological polar surface area (TPSA) is 52.0 Å². The van der Waals surface area contributed by atoms with Crippen LogP contribution in [-0.4, -0.2) is 34.2 Å². The van der Waals surface area contributed by atoms with Crippen molar-refractivity contribution in [3.63, 3.8) is 0 Å². The number of aromatic nitrogens is 3. The molecular weight excluding hydrogens is 252 g/mol. The highest BCUT2D eigenvalue weighted by molar-refractivity contribution is 5.08. The molecule has 0 radical (unpaired) electrons. The Morgan fingerprint density at radius 3 is 2.75 bits per heavy atom. The Labute approximate surface area is 122 Å². The molecule has 5 heteroatoms. The summed E-state index contributed by atoms with van der Waals surface area (Å²) in [6.07, 6.45) is 6.90. The van der Waals surface area contributed by atoms with Crippen LogP contribution < -0.4 is 5.32 Å².